The standard InChI is InChI=1S/C10H9BrCl2N4O2S/c1-17-4-15-9(14)10(17)20(18,19)16-8-6(12)2-5(11)3-7(8)13/h2-4,16H,14H2,1H3. The number of aryl methyl sites for hydroxylation is 1. The minimum Gasteiger partial charge on any atom is -0.381 e. The van der Waals surface area contributed by atoms with Crippen LogP contribution in [0.5, 0.6) is 0 Å². The summed E-state index contributed by atoms with van der Waals surface area (Å²) in [6, 6.07) is 3.05. The van der Waals surface area contributed by atoms with Crippen LogP contribution < -0.4 is 10.5 Å². The molecule has 0 bridgehead atoms. The molecule has 0 radical (unpaired) electrons. The van der Waals surface area contributed by atoms with E-state index in [1.165, 1.54) is 30.1 Å². The molecule has 0 saturated carbocycles. The quantitative estimate of drug-likeness (QED) is 0.830. The Labute approximate surface area is 134 Å². The average molecular weight is 400 g/mol. The van der Waals surface area contributed by atoms with Crippen molar-refractivity contribution in [3.63, 3.8) is 0 Å². The molecule has 0 aliphatic carbocycles. The predicted octanol–water partition coefficient (Wildman–Crippen LogP) is 2.87. The topological polar surface area (TPSA) is 90.0 Å². The molecule has 0 atom stereocenters. The van der Waals surface area contributed by atoms with Crippen molar-refractivity contribution in [3.05, 3.63) is 33.0 Å². The van der Waals surface area contributed by atoms with Gasteiger partial charge in [-0.25, -0.2) is 4.98 Å². The van der Waals surface area contributed by atoms with E-state index in [2.05, 4.69) is 25.6 Å². The van der Waals surface area contributed by atoms with Crippen LogP contribution in [0.3, 0.4) is 0 Å². The van der Waals surface area contributed by atoms with Crippen molar-refractivity contribution in [2.24, 2.45) is 7.05 Å². The van der Waals surface area contributed by atoms with Gasteiger partial charge >= 0.3 is 0 Å². The minimum atomic E-state index is -3.95. The Morgan fingerprint density at radius 1 is 1.35 bits per heavy atom. The Hall–Kier alpha value is -0.960. The van der Waals surface area contributed by atoms with Gasteiger partial charge in [-0.3, -0.25) is 4.72 Å². The molecule has 10 heteroatoms. The zero-order valence-electron chi connectivity index (χ0n) is 10.1. The maximum absolute atomic E-state index is 12.3. The number of anilines is 2. The van der Waals surface area contributed by atoms with E-state index in [0.717, 1.165) is 0 Å². The molecule has 20 heavy (non-hydrogen) atoms. The van der Waals surface area contributed by atoms with Gasteiger partial charge in [0.05, 0.1) is 22.1 Å². The largest absolute Gasteiger partial charge is 0.381 e. The average Bonchev–Trinajstić information content (AvgIpc) is 2.64. The van der Waals surface area contributed by atoms with E-state index in [-0.39, 0.29) is 26.6 Å². The van der Waals surface area contributed by atoms with Crippen LogP contribution in [0.4, 0.5) is 11.5 Å². The number of nitrogen functional groups attached to an aromatic ring is 1. The van der Waals surface area contributed by atoms with E-state index in [0.29, 0.717) is 4.47 Å². The van der Waals surface area contributed by atoms with Crippen molar-refractivity contribution >= 4 is 60.7 Å². The summed E-state index contributed by atoms with van der Waals surface area (Å²) in [5.74, 6) is -0.107. The number of nitrogens with two attached hydrogens (primary N) is 1. The van der Waals surface area contributed by atoms with E-state index < -0.39 is 10.0 Å². The maximum atomic E-state index is 12.3. The molecule has 1 aromatic heterocycles. The number of aromatic nitrogens is 2. The highest BCUT2D eigenvalue weighted by Gasteiger charge is 2.24. The number of nitrogens with one attached hydrogen (secondary N) is 1. The van der Waals surface area contributed by atoms with Crippen LogP contribution in [0.2, 0.25) is 10.0 Å². The van der Waals surface area contributed by atoms with Crippen molar-refractivity contribution < 1.29 is 8.42 Å². The van der Waals surface area contributed by atoms with Gasteiger partial charge in [0.15, 0.2) is 10.8 Å². The lowest BCUT2D eigenvalue weighted by atomic mass is 10.3. The molecule has 0 spiro atoms. The molecular weight excluding hydrogens is 391 g/mol. The lowest BCUT2D eigenvalue weighted by Gasteiger charge is -2.12. The first-order chi connectivity index (χ1) is 9.22. The molecule has 0 saturated heterocycles. The zero-order valence-corrected chi connectivity index (χ0v) is 14.0. The van der Waals surface area contributed by atoms with Gasteiger partial charge in [-0.1, -0.05) is 39.1 Å². The molecule has 0 unspecified atom stereocenters. The molecule has 1 aromatic carbocycles. The first-order valence-electron chi connectivity index (χ1n) is 5.16. The van der Waals surface area contributed by atoms with Crippen molar-refractivity contribution in [3.8, 4) is 0 Å². The van der Waals surface area contributed by atoms with Gasteiger partial charge in [0.25, 0.3) is 10.0 Å². The number of halogens is 3. The molecule has 0 amide bonds. The Balaban J connectivity index is 2.50. The third kappa shape index (κ3) is 2.88. The smallest absolute Gasteiger partial charge is 0.281 e. The van der Waals surface area contributed by atoms with Crippen LogP contribution in [-0.4, -0.2) is 18.0 Å². The van der Waals surface area contributed by atoms with Crippen LogP contribution in [0.1, 0.15) is 0 Å². The number of nitrogens with zero attached hydrogens (tertiary/aromatic N) is 2. The molecule has 108 valence electrons. The number of hydrogen-bond acceptors (Lipinski definition) is 4. The lowest BCUT2D eigenvalue weighted by Crippen LogP contribution is -2.18. The second-order valence-corrected chi connectivity index (χ2v) is 7.22. The second-order valence-electron chi connectivity index (χ2n) is 3.90. The lowest BCUT2D eigenvalue weighted by molar-refractivity contribution is 0.592. The SMILES string of the molecule is Cn1cnc(N)c1S(=O)(=O)Nc1c(Cl)cc(Br)cc1Cl. The van der Waals surface area contributed by atoms with Crippen molar-refractivity contribution in [1.82, 2.24) is 9.55 Å². The normalized spacial score (nSPS) is 11.6. The van der Waals surface area contributed by atoms with Crippen LogP contribution in [0, 0.1) is 0 Å². The number of rotatable bonds is 3. The molecule has 0 aliphatic rings. The summed E-state index contributed by atoms with van der Waals surface area (Å²) in [4.78, 5) is 3.73. The summed E-state index contributed by atoms with van der Waals surface area (Å²) < 4.78 is 28.9. The van der Waals surface area contributed by atoms with Gasteiger partial charge < -0.3 is 10.3 Å². The minimum absolute atomic E-state index is 0.0807. The van der Waals surface area contributed by atoms with Crippen molar-refractivity contribution in [1.29, 1.82) is 0 Å². The third-order valence-electron chi connectivity index (χ3n) is 2.41. The van der Waals surface area contributed by atoms with Gasteiger partial charge in [0.2, 0.25) is 0 Å². The van der Waals surface area contributed by atoms with Crippen LogP contribution in [-0.2, 0) is 17.1 Å². The van der Waals surface area contributed by atoms with Gasteiger partial charge in [0, 0.05) is 11.5 Å². The second kappa shape index (κ2) is 5.44. The fourth-order valence-electron chi connectivity index (χ4n) is 1.59. The molecule has 3 N–H and O–H groups in total. The molecule has 0 aliphatic heterocycles. The Morgan fingerprint density at radius 3 is 2.35 bits per heavy atom. The highest BCUT2D eigenvalue weighted by molar-refractivity contribution is 9.10. The first-order valence-corrected chi connectivity index (χ1v) is 8.19. The molecular formula is C10H9BrCl2N4O2S. The fraction of sp³-hybridized carbons (Fsp3) is 0.100. The fourth-order valence-corrected chi connectivity index (χ4v) is 4.34. The Kier molecular flexibility index (Phi) is 4.19. The molecule has 0 fully saturated rings. The Morgan fingerprint density at radius 2 is 1.90 bits per heavy atom. The van der Waals surface area contributed by atoms with E-state index in [4.69, 9.17) is 28.9 Å². The maximum Gasteiger partial charge on any atom is 0.281 e. The van der Waals surface area contributed by atoms with Crippen molar-refractivity contribution in [2.75, 3.05) is 10.5 Å². The van der Waals surface area contributed by atoms with E-state index in [1.807, 2.05) is 0 Å². The number of imidazole rings is 1. The highest BCUT2D eigenvalue weighted by atomic mass is 79.9. The van der Waals surface area contributed by atoms with Gasteiger partial charge in [-0.15, -0.1) is 0 Å². The summed E-state index contributed by atoms with van der Waals surface area (Å²) in [5, 5.41) is 0.162. The number of hydrogen-bond donors (Lipinski definition) is 2. The summed E-state index contributed by atoms with van der Waals surface area (Å²) >= 11 is 15.2. The summed E-state index contributed by atoms with van der Waals surface area (Å²) in [7, 11) is -2.43. The monoisotopic (exact) mass is 398 g/mol. The van der Waals surface area contributed by atoms with E-state index in [9.17, 15) is 8.42 Å². The summed E-state index contributed by atoms with van der Waals surface area (Å²) in [6.45, 7) is 0. The zero-order chi connectivity index (χ0) is 15.1. The Bertz CT molecular complexity index is 733. The number of benzene rings is 1. The van der Waals surface area contributed by atoms with Crippen molar-refractivity contribution in [2.45, 2.75) is 5.03 Å². The van der Waals surface area contributed by atoms with Gasteiger partial charge in [-0.2, -0.15) is 8.42 Å². The van der Waals surface area contributed by atoms with Crippen LogP contribution >= 0.6 is 39.1 Å². The predicted molar refractivity (Wildman–Crippen MR) is 82.6 cm³/mol. The van der Waals surface area contributed by atoms with E-state index in [1.54, 1.807) is 0 Å². The van der Waals surface area contributed by atoms with E-state index >= 15 is 0 Å². The summed E-state index contributed by atoms with van der Waals surface area (Å²) in [5.41, 5.74) is 5.64. The molecule has 1 heterocycles. The van der Waals surface area contributed by atoms with Crippen LogP contribution in [0.15, 0.2) is 28.0 Å². The molecule has 2 aromatic rings. The van der Waals surface area contributed by atoms with Crippen LogP contribution in [0.25, 0.3) is 0 Å². The first kappa shape index (κ1) is 15.4. The van der Waals surface area contributed by atoms with Gasteiger partial charge in [0.1, 0.15) is 0 Å². The molecule has 2 rings (SSSR count). The number of sulfonamides is 1. The molecule has 6 nitrogen and oxygen atoms in total. The summed E-state index contributed by atoms with van der Waals surface area (Å²) in [6.07, 6.45) is 1.30. The third-order valence-corrected chi connectivity index (χ3v) is 4.94. The highest BCUT2D eigenvalue weighted by Crippen LogP contribution is 2.35. The van der Waals surface area contributed by atoms with Gasteiger partial charge in [-0.05, 0) is 12.1 Å².